The number of thiophene rings is 1. The molecule has 1 heterocycles. The lowest BCUT2D eigenvalue weighted by atomic mass is 10.1. The van der Waals surface area contributed by atoms with E-state index < -0.39 is 0 Å². The number of benzene rings is 1. The molecule has 0 saturated heterocycles. The van der Waals surface area contributed by atoms with Gasteiger partial charge in [-0.1, -0.05) is 23.7 Å². The van der Waals surface area contributed by atoms with E-state index in [0.717, 1.165) is 15.5 Å². The van der Waals surface area contributed by atoms with Gasteiger partial charge in [-0.15, -0.1) is 23.1 Å². The second-order valence-corrected chi connectivity index (χ2v) is 5.62. The third-order valence-corrected chi connectivity index (χ3v) is 4.59. The zero-order valence-corrected chi connectivity index (χ0v) is 11.2. The summed E-state index contributed by atoms with van der Waals surface area (Å²) in [6, 6.07) is 10.1. The van der Waals surface area contributed by atoms with Crippen molar-refractivity contribution < 1.29 is 0 Å². The van der Waals surface area contributed by atoms with Gasteiger partial charge in [0.1, 0.15) is 0 Å². The van der Waals surface area contributed by atoms with Crippen molar-refractivity contribution in [1.82, 2.24) is 0 Å². The van der Waals surface area contributed by atoms with Crippen LogP contribution in [0.1, 0.15) is 16.5 Å². The van der Waals surface area contributed by atoms with Crippen LogP contribution >= 0.6 is 34.7 Å². The van der Waals surface area contributed by atoms with E-state index in [1.54, 1.807) is 23.1 Å². The van der Waals surface area contributed by atoms with Crippen molar-refractivity contribution >= 4 is 34.7 Å². The van der Waals surface area contributed by atoms with Crippen molar-refractivity contribution in [2.75, 3.05) is 6.26 Å². The Bertz CT molecular complexity index is 464. The Morgan fingerprint density at radius 1 is 1.25 bits per heavy atom. The minimum absolute atomic E-state index is 0.122. The fourth-order valence-corrected chi connectivity index (χ4v) is 3.10. The van der Waals surface area contributed by atoms with Crippen molar-refractivity contribution in [2.45, 2.75) is 10.9 Å². The molecule has 0 radical (unpaired) electrons. The average Bonchev–Trinajstić information content (AvgIpc) is 2.75. The van der Waals surface area contributed by atoms with Gasteiger partial charge in [-0.2, -0.15) is 0 Å². The molecular weight excluding hydrogens is 258 g/mol. The van der Waals surface area contributed by atoms with Crippen LogP contribution in [-0.4, -0.2) is 6.26 Å². The minimum Gasteiger partial charge on any atom is -0.320 e. The first kappa shape index (κ1) is 12.0. The van der Waals surface area contributed by atoms with Crippen LogP contribution < -0.4 is 5.73 Å². The molecule has 1 aromatic carbocycles. The largest absolute Gasteiger partial charge is 0.320 e. The van der Waals surface area contributed by atoms with E-state index in [1.807, 2.05) is 11.4 Å². The number of nitrogens with two attached hydrogens (primary N) is 1. The summed E-state index contributed by atoms with van der Waals surface area (Å²) in [5.41, 5.74) is 7.27. The van der Waals surface area contributed by atoms with Gasteiger partial charge in [-0.3, -0.25) is 0 Å². The number of halogens is 1. The predicted molar refractivity (Wildman–Crippen MR) is 73.6 cm³/mol. The molecule has 0 bridgehead atoms. The van der Waals surface area contributed by atoms with Crippen LogP contribution in [0.5, 0.6) is 0 Å². The highest BCUT2D eigenvalue weighted by Crippen LogP contribution is 2.31. The summed E-state index contributed by atoms with van der Waals surface area (Å²) in [4.78, 5) is 2.27. The third-order valence-electron chi connectivity index (χ3n) is 2.40. The Labute approximate surface area is 109 Å². The first-order chi connectivity index (χ1) is 7.72. The molecule has 0 aliphatic heterocycles. The zero-order valence-electron chi connectivity index (χ0n) is 8.81. The van der Waals surface area contributed by atoms with E-state index in [-0.39, 0.29) is 6.04 Å². The fraction of sp³-hybridized carbons (Fsp3) is 0.167. The smallest absolute Gasteiger partial charge is 0.0661 e. The SMILES string of the molecule is CSc1ccc(C(N)c2sccc2Cl)cc1. The molecule has 1 aromatic heterocycles. The molecule has 0 spiro atoms. The first-order valence-electron chi connectivity index (χ1n) is 4.85. The molecule has 84 valence electrons. The Morgan fingerprint density at radius 3 is 2.44 bits per heavy atom. The summed E-state index contributed by atoms with van der Waals surface area (Å²) in [6.45, 7) is 0. The molecule has 0 fully saturated rings. The molecule has 16 heavy (non-hydrogen) atoms. The lowest BCUT2D eigenvalue weighted by molar-refractivity contribution is 0.891. The molecule has 2 aromatic rings. The Hall–Kier alpha value is -0.480. The molecule has 4 heteroatoms. The van der Waals surface area contributed by atoms with E-state index in [0.29, 0.717) is 0 Å². The fourth-order valence-electron chi connectivity index (χ4n) is 1.49. The van der Waals surface area contributed by atoms with E-state index in [1.165, 1.54) is 4.90 Å². The number of rotatable bonds is 3. The van der Waals surface area contributed by atoms with Crippen molar-refractivity contribution in [1.29, 1.82) is 0 Å². The monoisotopic (exact) mass is 269 g/mol. The molecule has 2 rings (SSSR count). The molecular formula is C12H12ClNS2. The van der Waals surface area contributed by atoms with Crippen LogP contribution in [-0.2, 0) is 0 Å². The lowest BCUT2D eigenvalue weighted by Gasteiger charge is -2.11. The first-order valence-corrected chi connectivity index (χ1v) is 7.33. The van der Waals surface area contributed by atoms with Crippen LogP contribution in [0.2, 0.25) is 5.02 Å². The molecule has 1 unspecified atom stereocenters. The third kappa shape index (κ3) is 2.43. The van der Waals surface area contributed by atoms with Crippen LogP contribution in [0.15, 0.2) is 40.6 Å². The van der Waals surface area contributed by atoms with Gasteiger partial charge in [0.05, 0.1) is 11.1 Å². The molecule has 1 nitrogen and oxygen atoms in total. The summed E-state index contributed by atoms with van der Waals surface area (Å²) in [6.07, 6.45) is 2.06. The molecule has 1 atom stereocenters. The van der Waals surface area contributed by atoms with Crippen molar-refractivity contribution in [2.24, 2.45) is 5.73 Å². The van der Waals surface area contributed by atoms with Crippen molar-refractivity contribution in [3.63, 3.8) is 0 Å². The highest BCUT2D eigenvalue weighted by atomic mass is 35.5. The standard InChI is InChI=1S/C12H12ClNS2/c1-15-9-4-2-8(3-5-9)11(14)12-10(13)6-7-16-12/h2-7,11H,14H2,1H3. The van der Waals surface area contributed by atoms with E-state index >= 15 is 0 Å². The summed E-state index contributed by atoms with van der Waals surface area (Å²) in [7, 11) is 0. The summed E-state index contributed by atoms with van der Waals surface area (Å²) in [5, 5.41) is 2.72. The maximum Gasteiger partial charge on any atom is 0.0661 e. The van der Waals surface area contributed by atoms with Gasteiger partial charge >= 0.3 is 0 Å². The highest BCUT2D eigenvalue weighted by Gasteiger charge is 2.13. The summed E-state index contributed by atoms with van der Waals surface area (Å²) in [5.74, 6) is 0. The Balaban J connectivity index is 2.27. The zero-order chi connectivity index (χ0) is 11.5. The Morgan fingerprint density at radius 2 is 1.94 bits per heavy atom. The van der Waals surface area contributed by atoms with Crippen LogP contribution in [0, 0.1) is 0 Å². The number of hydrogen-bond acceptors (Lipinski definition) is 3. The minimum atomic E-state index is -0.122. The molecule has 0 aliphatic rings. The Kier molecular flexibility index (Phi) is 3.92. The predicted octanol–water partition coefficient (Wildman–Crippen LogP) is 4.17. The molecule has 0 amide bonds. The second-order valence-electron chi connectivity index (χ2n) is 3.38. The lowest BCUT2D eigenvalue weighted by Crippen LogP contribution is -2.10. The normalized spacial score (nSPS) is 12.7. The summed E-state index contributed by atoms with van der Waals surface area (Å²) >= 11 is 9.40. The quantitative estimate of drug-likeness (QED) is 0.847. The maximum atomic E-state index is 6.17. The van der Waals surface area contributed by atoms with E-state index in [2.05, 4.69) is 30.5 Å². The van der Waals surface area contributed by atoms with Gasteiger partial charge in [0.2, 0.25) is 0 Å². The van der Waals surface area contributed by atoms with Crippen molar-refractivity contribution in [3.05, 3.63) is 51.2 Å². The van der Waals surface area contributed by atoms with Gasteiger partial charge in [0, 0.05) is 9.77 Å². The molecule has 0 saturated carbocycles. The molecule has 2 N–H and O–H groups in total. The van der Waals surface area contributed by atoms with Crippen LogP contribution in [0.3, 0.4) is 0 Å². The summed E-state index contributed by atoms with van der Waals surface area (Å²) < 4.78 is 0. The number of hydrogen-bond donors (Lipinski definition) is 1. The van der Waals surface area contributed by atoms with Gasteiger partial charge < -0.3 is 5.73 Å². The molecule has 0 aliphatic carbocycles. The number of thioether (sulfide) groups is 1. The highest BCUT2D eigenvalue weighted by molar-refractivity contribution is 7.98. The van der Waals surface area contributed by atoms with Gasteiger partial charge in [-0.05, 0) is 35.4 Å². The van der Waals surface area contributed by atoms with Crippen molar-refractivity contribution in [3.8, 4) is 0 Å². The van der Waals surface area contributed by atoms with Crippen LogP contribution in [0.4, 0.5) is 0 Å². The van der Waals surface area contributed by atoms with Gasteiger partial charge in [-0.25, -0.2) is 0 Å². The second kappa shape index (κ2) is 5.23. The average molecular weight is 270 g/mol. The maximum absolute atomic E-state index is 6.17. The van der Waals surface area contributed by atoms with E-state index in [9.17, 15) is 0 Å². The van der Waals surface area contributed by atoms with E-state index in [4.69, 9.17) is 17.3 Å². The van der Waals surface area contributed by atoms with Gasteiger partial charge in [0.15, 0.2) is 0 Å². The van der Waals surface area contributed by atoms with Gasteiger partial charge in [0.25, 0.3) is 0 Å². The van der Waals surface area contributed by atoms with Crippen LogP contribution in [0.25, 0.3) is 0 Å². The topological polar surface area (TPSA) is 26.0 Å².